The maximum Gasteiger partial charge on any atom is 0.316 e. The van der Waals surface area contributed by atoms with E-state index in [0.29, 0.717) is 63.7 Å². The fourth-order valence-corrected chi connectivity index (χ4v) is 6.02. The predicted octanol–water partition coefficient (Wildman–Crippen LogP) is 3.52. The van der Waals surface area contributed by atoms with Gasteiger partial charge in [-0.25, -0.2) is 0 Å². The number of Topliss-reactive ketones (excluding diaryl/α,β-unsaturated/α-hetero) is 1. The number of aromatic nitrogens is 2. The summed E-state index contributed by atoms with van der Waals surface area (Å²) in [4.78, 5) is 26.7. The molecule has 2 heterocycles. The lowest BCUT2D eigenvalue weighted by molar-refractivity contribution is -0.139. The first-order chi connectivity index (χ1) is 17.4. The number of carbonyl (C=O) groups is 2. The van der Waals surface area contributed by atoms with Crippen LogP contribution < -0.4 is 20.1 Å². The molecule has 2 N–H and O–H groups in total. The minimum Gasteiger partial charge on any atom is -0.493 e. The van der Waals surface area contributed by atoms with Crippen molar-refractivity contribution in [2.24, 2.45) is 5.73 Å². The van der Waals surface area contributed by atoms with Crippen LogP contribution in [-0.4, -0.2) is 48.5 Å². The van der Waals surface area contributed by atoms with Crippen LogP contribution in [0.1, 0.15) is 37.7 Å². The van der Waals surface area contributed by atoms with Crippen LogP contribution in [0.3, 0.4) is 0 Å². The molecule has 0 saturated carbocycles. The van der Waals surface area contributed by atoms with Gasteiger partial charge in [-0.15, -0.1) is 10.2 Å². The number of hydrogen-bond donors (Lipinski definition) is 1. The molecule has 10 nitrogen and oxygen atoms in total. The number of ether oxygens (including phenoxy) is 3. The van der Waals surface area contributed by atoms with Crippen molar-refractivity contribution in [1.82, 2.24) is 10.2 Å². The summed E-state index contributed by atoms with van der Waals surface area (Å²) in [6.07, 6.45) is 1.63. The van der Waals surface area contributed by atoms with Crippen LogP contribution in [0, 0.1) is 11.3 Å². The minimum absolute atomic E-state index is 0.0392. The van der Waals surface area contributed by atoms with Crippen LogP contribution in [0.25, 0.3) is 0 Å². The lowest BCUT2D eigenvalue weighted by Gasteiger charge is -2.38. The van der Waals surface area contributed by atoms with E-state index in [9.17, 15) is 14.9 Å². The van der Waals surface area contributed by atoms with Crippen molar-refractivity contribution in [3.63, 3.8) is 0 Å². The van der Waals surface area contributed by atoms with Crippen molar-refractivity contribution in [2.75, 3.05) is 31.5 Å². The normalized spacial score (nSPS) is 17.6. The van der Waals surface area contributed by atoms with Gasteiger partial charge in [0.25, 0.3) is 0 Å². The highest BCUT2D eigenvalue weighted by atomic mass is 32.2. The van der Waals surface area contributed by atoms with E-state index in [2.05, 4.69) is 16.3 Å². The zero-order valence-corrected chi connectivity index (χ0v) is 21.7. The summed E-state index contributed by atoms with van der Waals surface area (Å²) in [5, 5.41) is 19.0. The SMILES string of the molecule is CCOC(=O)CSc1nnc(N2C(N)=C(C#N)C(c3ccc(OC)c(OC)c3)C3=C2CCCC3=O)s1. The number of benzene rings is 1. The molecule has 2 aromatic rings. The highest BCUT2D eigenvalue weighted by molar-refractivity contribution is 8.01. The van der Waals surface area contributed by atoms with E-state index in [1.54, 1.807) is 31.1 Å². The summed E-state index contributed by atoms with van der Waals surface area (Å²) in [6.45, 7) is 2.05. The lowest BCUT2D eigenvalue weighted by Crippen LogP contribution is -2.38. The van der Waals surface area contributed by atoms with Gasteiger partial charge in [-0.2, -0.15) is 5.26 Å². The smallest absolute Gasteiger partial charge is 0.316 e. The van der Waals surface area contributed by atoms with Crippen molar-refractivity contribution in [3.05, 3.63) is 46.4 Å². The molecule has 0 bridgehead atoms. The van der Waals surface area contributed by atoms with Gasteiger partial charge in [-0.3, -0.25) is 14.5 Å². The third kappa shape index (κ3) is 4.76. The van der Waals surface area contributed by atoms with E-state index in [1.165, 1.54) is 30.2 Å². The Morgan fingerprint density at radius 2 is 2.06 bits per heavy atom. The molecule has 0 spiro atoms. The molecular formula is C24H25N5O5S2. The average molecular weight is 528 g/mol. The van der Waals surface area contributed by atoms with Crippen LogP contribution in [0.2, 0.25) is 0 Å². The zero-order valence-electron chi connectivity index (χ0n) is 20.1. The molecule has 188 valence electrons. The Morgan fingerprint density at radius 1 is 1.28 bits per heavy atom. The summed E-state index contributed by atoms with van der Waals surface area (Å²) < 4.78 is 16.3. The Balaban J connectivity index is 1.77. The molecule has 1 aromatic heterocycles. The molecule has 1 aliphatic heterocycles. The number of nitrogens with zero attached hydrogens (tertiary/aromatic N) is 4. The van der Waals surface area contributed by atoms with Crippen LogP contribution >= 0.6 is 23.1 Å². The van der Waals surface area contributed by atoms with Crippen molar-refractivity contribution in [1.29, 1.82) is 5.26 Å². The highest BCUT2D eigenvalue weighted by Gasteiger charge is 2.41. The number of carbonyl (C=O) groups excluding carboxylic acids is 2. The Bertz CT molecular complexity index is 1300. The highest BCUT2D eigenvalue weighted by Crippen LogP contribution is 2.48. The van der Waals surface area contributed by atoms with Gasteiger partial charge < -0.3 is 19.9 Å². The van der Waals surface area contributed by atoms with Gasteiger partial charge in [-0.1, -0.05) is 29.2 Å². The molecule has 1 aromatic carbocycles. The topological polar surface area (TPSA) is 141 Å². The van der Waals surface area contributed by atoms with E-state index in [-0.39, 0.29) is 28.9 Å². The van der Waals surface area contributed by atoms with Gasteiger partial charge in [0.2, 0.25) is 5.13 Å². The van der Waals surface area contributed by atoms with Crippen molar-refractivity contribution < 1.29 is 23.8 Å². The third-order valence-electron chi connectivity index (χ3n) is 5.86. The number of nitriles is 1. The predicted molar refractivity (Wildman–Crippen MR) is 135 cm³/mol. The monoisotopic (exact) mass is 527 g/mol. The summed E-state index contributed by atoms with van der Waals surface area (Å²) in [5.41, 5.74) is 8.76. The lowest BCUT2D eigenvalue weighted by atomic mass is 9.75. The second-order valence-corrected chi connectivity index (χ2v) is 10.1. The summed E-state index contributed by atoms with van der Waals surface area (Å²) in [7, 11) is 3.07. The number of nitrogens with two attached hydrogens (primary N) is 1. The molecule has 1 unspecified atom stereocenters. The first-order valence-corrected chi connectivity index (χ1v) is 13.0. The van der Waals surface area contributed by atoms with Gasteiger partial charge in [0, 0.05) is 17.7 Å². The fourth-order valence-electron chi connectivity index (χ4n) is 4.35. The molecule has 12 heteroatoms. The maximum atomic E-state index is 13.3. The number of allylic oxidation sites excluding steroid dienone is 3. The third-order valence-corrected chi connectivity index (χ3v) is 7.88. The van der Waals surface area contributed by atoms with Crippen molar-refractivity contribution in [3.8, 4) is 17.6 Å². The van der Waals surface area contributed by atoms with Crippen LogP contribution in [0.4, 0.5) is 5.13 Å². The molecule has 2 aliphatic rings. The molecule has 0 saturated heterocycles. The van der Waals surface area contributed by atoms with Crippen molar-refractivity contribution >= 4 is 40.0 Å². The summed E-state index contributed by atoms with van der Waals surface area (Å²) in [5.74, 6) is 0.312. The molecule has 4 rings (SSSR count). The van der Waals surface area contributed by atoms with E-state index in [1.807, 2.05) is 6.07 Å². The number of esters is 1. The quantitative estimate of drug-likeness (QED) is 0.398. The first-order valence-electron chi connectivity index (χ1n) is 11.2. The fraction of sp³-hybridized carbons (Fsp3) is 0.375. The van der Waals surface area contributed by atoms with Gasteiger partial charge in [-0.05, 0) is 37.5 Å². The Hall–Kier alpha value is -3.56. The Morgan fingerprint density at radius 3 is 2.75 bits per heavy atom. The standard InChI is InChI=1S/C24H25N5O5S2/c1-4-34-19(31)12-35-24-28-27-23(36-24)29-15-6-5-7-16(30)21(15)20(14(11-25)22(29)26)13-8-9-17(32-2)18(10-13)33-3/h8-10,20H,4-7,12,26H2,1-3H3. The second-order valence-electron chi connectivity index (χ2n) is 7.87. The van der Waals surface area contributed by atoms with E-state index in [0.717, 1.165) is 0 Å². The Kier molecular flexibility index (Phi) is 7.81. The number of hydrogen-bond acceptors (Lipinski definition) is 12. The van der Waals surface area contributed by atoms with Crippen LogP contribution in [0.5, 0.6) is 11.5 Å². The number of ketones is 1. The summed E-state index contributed by atoms with van der Waals surface area (Å²) in [6, 6.07) is 7.56. The second kappa shape index (κ2) is 11.0. The van der Waals surface area contributed by atoms with Crippen molar-refractivity contribution in [2.45, 2.75) is 36.4 Å². The molecule has 0 radical (unpaired) electrons. The molecule has 0 amide bonds. The largest absolute Gasteiger partial charge is 0.493 e. The van der Waals surface area contributed by atoms with Crippen LogP contribution in [0.15, 0.2) is 45.2 Å². The average Bonchev–Trinajstić information content (AvgIpc) is 3.35. The number of rotatable bonds is 8. The van der Waals surface area contributed by atoms with E-state index < -0.39 is 5.92 Å². The van der Waals surface area contributed by atoms with E-state index in [4.69, 9.17) is 19.9 Å². The van der Waals surface area contributed by atoms with Crippen LogP contribution in [-0.2, 0) is 14.3 Å². The van der Waals surface area contributed by atoms with Gasteiger partial charge in [0.1, 0.15) is 5.82 Å². The molecule has 0 fully saturated rings. The first kappa shape index (κ1) is 25.5. The number of methoxy groups -OCH3 is 2. The maximum absolute atomic E-state index is 13.3. The molecule has 1 aliphatic carbocycles. The molecule has 36 heavy (non-hydrogen) atoms. The number of anilines is 1. The van der Waals surface area contributed by atoms with E-state index >= 15 is 0 Å². The zero-order chi connectivity index (χ0) is 25.8. The molecular weight excluding hydrogens is 502 g/mol. The van der Waals surface area contributed by atoms with Gasteiger partial charge in [0.05, 0.1) is 44.1 Å². The minimum atomic E-state index is -0.639. The van der Waals surface area contributed by atoms with Gasteiger partial charge in [0.15, 0.2) is 21.6 Å². The summed E-state index contributed by atoms with van der Waals surface area (Å²) >= 11 is 2.44. The van der Waals surface area contributed by atoms with Gasteiger partial charge >= 0.3 is 5.97 Å². The number of thioether (sulfide) groups is 1. The molecule has 1 atom stereocenters. The Labute approximate surface area is 216 Å².